The maximum absolute atomic E-state index is 6.01. The third kappa shape index (κ3) is 2.44. The van der Waals surface area contributed by atoms with Gasteiger partial charge in [0.05, 0.1) is 11.7 Å². The number of rotatable bonds is 3. The Morgan fingerprint density at radius 3 is 2.67 bits per heavy atom. The first kappa shape index (κ1) is 9.93. The van der Waals surface area contributed by atoms with E-state index in [4.69, 9.17) is 10.3 Å². The molecule has 2 N–H and O–H groups in total. The largest absolute Gasteiger partial charge is 0.359 e. The molecule has 0 aliphatic heterocycles. The minimum atomic E-state index is -0.117. The second kappa shape index (κ2) is 4.28. The molecule has 0 fully saturated rings. The molecule has 0 amide bonds. The van der Waals surface area contributed by atoms with Crippen LogP contribution in [0.3, 0.4) is 0 Å². The van der Waals surface area contributed by atoms with Gasteiger partial charge in [-0.15, -0.1) is 0 Å². The van der Waals surface area contributed by atoms with Crippen molar-refractivity contribution < 1.29 is 4.52 Å². The third-order valence-electron chi connectivity index (χ3n) is 2.31. The summed E-state index contributed by atoms with van der Waals surface area (Å²) < 4.78 is 5.12. The van der Waals surface area contributed by atoms with Crippen LogP contribution in [0.25, 0.3) is 0 Å². The Kier molecular flexibility index (Phi) is 2.83. The molecule has 0 saturated carbocycles. The van der Waals surface area contributed by atoms with E-state index in [1.54, 1.807) is 0 Å². The lowest BCUT2D eigenvalue weighted by atomic mass is 10.0. The van der Waals surface area contributed by atoms with Crippen LogP contribution in [0.2, 0.25) is 0 Å². The maximum atomic E-state index is 6.01. The van der Waals surface area contributed by atoms with Crippen LogP contribution >= 0.6 is 0 Å². The molecule has 0 radical (unpaired) electrons. The van der Waals surface area contributed by atoms with E-state index in [0.29, 0.717) is 0 Å². The highest BCUT2D eigenvalue weighted by molar-refractivity contribution is 5.18. The fraction of sp³-hybridized carbons (Fsp3) is 0.250. The lowest BCUT2D eigenvalue weighted by Crippen LogP contribution is -2.12. The van der Waals surface area contributed by atoms with Gasteiger partial charge >= 0.3 is 0 Å². The first-order valence-corrected chi connectivity index (χ1v) is 4.98. The molecule has 2 rings (SSSR count). The van der Waals surface area contributed by atoms with Crippen molar-refractivity contribution in [1.82, 2.24) is 5.16 Å². The molecule has 0 aliphatic carbocycles. The van der Waals surface area contributed by atoms with Crippen molar-refractivity contribution in [2.45, 2.75) is 19.4 Å². The zero-order chi connectivity index (χ0) is 10.7. The molecule has 0 bridgehead atoms. The minimum absolute atomic E-state index is 0.117. The summed E-state index contributed by atoms with van der Waals surface area (Å²) in [5.41, 5.74) is 8.08. The molecule has 0 saturated heterocycles. The number of hydrogen-bond acceptors (Lipinski definition) is 3. The summed E-state index contributed by atoms with van der Waals surface area (Å²) in [4.78, 5) is 0. The van der Waals surface area contributed by atoms with E-state index in [1.807, 2.05) is 31.2 Å². The lowest BCUT2D eigenvalue weighted by Gasteiger charge is -2.06. The van der Waals surface area contributed by atoms with E-state index in [1.165, 1.54) is 5.56 Å². The average Bonchev–Trinajstić information content (AvgIpc) is 2.66. The Hall–Kier alpha value is -1.61. The SMILES string of the molecule is Cc1cc([C@@H](N)Cc2ccccc2)on1. The molecule has 3 heteroatoms. The number of hydrogen-bond donors (Lipinski definition) is 1. The van der Waals surface area contributed by atoms with Crippen LogP contribution < -0.4 is 5.73 Å². The van der Waals surface area contributed by atoms with Gasteiger partial charge in [0.15, 0.2) is 5.76 Å². The third-order valence-corrected chi connectivity index (χ3v) is 2.31. The van der Waals surface area contributed by atoms with Gasteiger partial charge < -0.3 is 10.3 Å². The van der Waals surface area contributed by atoms with Crippen LogP contribution in [0.1, 0.15) is 23.1 Å². The highest BCUT2D eigenvalue weighted by Gasteiger charge is 2.11. The molecule has 1 aromatic carbocycles. The number of benzene rings is 1. The van der Waals surface area contributed by atoms with E-state index < -0.39 is 0 Å². The Labute approximate surface area is 88.9 Å². The van der Waals surface area contributed by atoms with Gasteiger partial charge in [0, 0.05) is 6.07 Å². The van der Waals surface area contributed by atoms with Crippen molar-refractivity contribution in [3.05, 3.63) is 53.4 Å². The molecule has 0 unspecified atom stereocenters. The first-order valence-electron chi connectivity index (χ1n) is 4.98. The normalized spacial score (nSPS) is 12.7. The lowest BCUT2D eigenvalue weighted by molar-refractivity contribution is 0.357. The van der Waals surface area contributed by atoms with Gasteiger partial charge in [0.2, 0.25) is 0 Å². The number of aromatic nitrogens is 1. The molecule has 15 heavy (non-hydrogen) atoms. The van der Waals surface area contributed by atoms with Crippen LogP contribution in [0.5, 0.6) is 0 Å². The summed E-state index contributed by atoms with van der Waals surface area (Å²) in [6.07, 6.45) is 0.773. The molecule has 3 nitrogen and oxygen atoms in total. The second-order valence-corrected chi connectivity index (χ2v) is 3.67. The smallest absolute Gasteiger partial charge is 0.153 e. The zero-order valence-corrected chi connectivity index (χ0v) is 8.68. The molecular weight excluding hydrogens is 188 g/mol. The predicted molar refractivity (Wildman–Crippen MR) is 58.3 cm³/mol. The van der Waals surface area contributed by atoms with E-state index in [9.17, 15) is 0 Å². The summed E-state index contributed by atoms with van der Waals surface area (Å²) in [6, 6.07) is 11.9. The summed E-state index contributed by atoms with van der Waals surface area (Å²) in [5, 5.41) is 3.82. The zero-order valence-electron chi connectivity index (χ0n) is 8.68. The standard InChI is InChI=1S/C12H14N2O/c1-9-7-12(15-14-9)11(13)8-10-5-3-2-4-6-10/h2-7,11H,8,13H2,1H3/t11-/m0/s1. The van der Waals surface area contributed by atoms with Crippen molar-refractivity contribution in [3.63, 3.8) is 0 Å². The Morgan fingerprint density at radius 2 is 2.07 bits per heavy atom. The van der Waals surface area contributed by atoms with Gasteiger partial charge in [-0.3, -0.25) is 0 Å². The maximum Gasteiger partial charge on any atom is 0.153 e. The van der Waals surface area contributed by atoms with Crippen molar-refractivity contribution in [3.8, 4) is 0 Å². The molecule has 1 atom stereocenters. The number of nitrogens with zero attached hydrogens (tertiary/aromatic N) is 1. The summed E-state index contributed by atoms with van der Waals surface area (Å²) in [5.74, 6) is 0.747. The van der Waals surface area contributed by atoms with Crippen LogP contribution in [0, 0.1) is 6.92 Å². The van der Waals surface area contributed by atoms with Gasteiger partial charge in [-0.25, -0.2) is 0 Å². The molecule has 78 valence electrons. The van der Waals surface area contributed by atoms with Crippen molar-refractivity contribution in [2.75, 3.05) is 0 Å². The monoisotopic (exact) mass is 202 g/mol. The first-order chi connectivity index (χ1) is 7.25. The Bertz CT molecular complexity index is 422. The second-order valence-electron chi connectivity index (χ2n) is 3.67. The quantitative estimate of drug-likeness (QED) is 0.830. The van der Waals surface area contributed by atoms with Crippen LogP contribution in [-0.2, 0) is 6.42 Å². The van der Waals surface area contributed by atoms with Crippen LogP contribution in [0.15, 0.2) is 40.9 Å². The Morgan fingerprint density at radius 1 is 1.33 bits per heavy atom. The van der Waals surface area contributed by atoms with Crippen LogP contribution in [-0.4, -0.2) is 5.16 Å². The number of aryl methyl sites for hydroxylation is 1. The van der Waals surface area contributed by atoms with Gasteiger partial charge in [0.1, 0.15) is 0 Å². The molecule has 1 aromatic heterocycles. The average molecular weight is 202 g/mol. The van der Waals surface area contributed by atoms with Crippen molar-refractivity contribution in [1.29, 1.82) is 0 Å². The van der Waals surface area contributed by atoms with Gasteiger partial charge in [-0.2, -0.15) is 0 Å². The van der Waals surface area contributed by atoms with Crippen molar-refractivity contribution in [2.24, 2.45) is 5.73 Å². The van der Waals surface area contributed by atoms with Gasteiger partial charge in [-0.1, -0.05) is 35.5 Å². The molecule has 2 aromatic rings. The van der Waals surface area contributed by atoms with E-state index >= 15 is 0 Å². The van der Waals surface area contributed by atoms with Crippen molar-refractivity contribution >= 4 is 0 Å². The minimum Gasteiger partial charge on any atom is -0.359 e. The molecular formula is C12H14N2O. The molecule has 0 spiro atoms. The topological polar surface area (TPSA) is 52.0 Å². The fourth-order valence-corrected chi connectivity index (χ4v) is 1.53. The molecule has 1 heterocycles. The van der Waals surface area contributed by atoms with E-state index in [-0.39, 0.29) is 6.04 Å². The van der Waals surface area contributed by atoms with E-state index in [0.717, 1.165) is 17.9 Å². The predicted octanol–water partition coefficient (Wildman–Crippen LogP) is 2.23. The van der Waals surface area contributed by atoms with Gasteiger partial charge in [-0.05, 0) is 18.9 Å². The van der Waals surface area contributed by atoms with Crippen LogP contribution in [0.4, 0.5) is 0 Å². The fourth-order valence-electron chi connectivity index (χ4n) is 1.53. The highest BCUT2D eigenvalue weighted by Crippen LogP contribution is 2.16. The Balaban J connectivity index is 2.07. The highest BCUT2D eigenvalue weighted by atomic mass is 16.5. The van der Waals surface area contributed by atoms with Gasteiger partial charge in [0.25, 0.3) is 0 Å². The van der Waals surface area contributed by atoms with E-state index in [2.05, 4.69) is 17.3 Å². The summed E-state index contributed by atoms with van der Waals surface area (Å²) in [6.45, 7) is 1.89. The summed E-state index contributed by atoms with van der Waals surface area (Å²) in [7, 11) is 0. The summed E-state index contributed by atoms with van der Waals surface area (Å²) >= 11 is 0. The number of nitrogens with two attached hydrogens (primary N) is 1. The molecule has 0 aliphatic rings.